The zero-order valence-corrected chi connectivity index (χ0v) is 15.8. The van der Waals surface area contributed by atoms with Crippen molar-refractivity contribution in [1.29, 1.82) is 0 Å². The summed E-state index contributed by atoms with van der Waals surface area (Å²) in [5, 5.41) is 4.81. The number of hydrogen-bond acceptors (Lipinski definition) is 4. The molecule has 3 N–H and O–H groups in total. The molecule has 6 nitrogen and oxygen atoms in total. The van der Waals surface area contributed by atoms with Gasteiger partial charge in [-0.15, -0.1) is 0 Å². The molecule has 1 aliphatic carbocycles. The van der Waals surface area contributed by atoms with Gasteiger partial charge in [-0.25, -0.2) is 0 Å². The molecule has 1 fully saturated rings. The second-order valence-electron chi connectivity index (χ2n) is 6.70. The summed E-state index contributed by atoms with van der Waals surface area (Å²) >= 11 is 5.02. The molecule has 0 atom stereocenters. The van der Waals surface area contributed by atoms with Crippen molar-refractivity contribution >= 4 is 39.9 Å². The van der Waals surface area contributed by atoms with Crippen LogP contribution in [-0.4, -0.2) is 23.5 Å². The summed E-state index contributed by atoms with van der Waals surface area (Å²) in [6.45, 7) is -0.163. The number of carbonyl (C=O) groups excluding carboxylic acids is 2. The Hall–Kier alpha value is -2.67. The van der Waals surface area contributed by atoms with E-state index in [4.69, 9.17) is 17.0 Å². The number of ether oxygens (including phenoxy) is 1. The zero-order chi connectivity index (χ0) is 19.1. The topological polar surface area (TPSA) is 79.5 Å². The molecule has 0 aromatic heterocycles. The van der Waals surface area contributed by atoms with Crippen molar-refractivity contribution in [2.75, 3.05) is 6.61 Å². The highest BCUT2D eigenvalue weighted by Gasteiger charge is 2.18. The Balaban J connectivity index is 1.37. The molecule has 0 unspecified atom stereocenters. The molecule has 27 heavy (non-hydrogen) atoms. The van der Waals surface area contributed by atoms with Crippen LogP contribution in [0.1, 0.15) is 32.1 Å². The smallest absolute Gasteiger partial charge is 0.276 e. The maximum atomic E-state index is 11.9. The van der Waals surface area contributed by atoms with Crippen LogP contribution in [-0.2, 0) is 9.59 Å². The second-order valence-corrected chi connectivity index (χ2v) is 7.11. The van der Waals surface area contributed by atoms with E-state index >= 15 is 0 Å². The molecular weight excluding hydrogens is 362 g/mol. The van der Waals surface area contributed by atoms with Crippen molar-refractivity contribution in [2.45, 2.75) is 32.1 Å². The monoisotopic (exact) mass is 385 g/mol. The summed E-state index contributed by atoms with van der Waals surface area (Å²) in [6.07, 6.45) is 5.04. The van der Waals surface area contributed by atoms with Crippen molar-refractivity contribution in [3.8, 4) is 5.75 Å². The van der Waals surface area contributed by atoms with Crippen LogP contribution in [0.3, 0.4) is 0 Å². The van der Waals surface area contributed by atoms with E-state index in [0.717, 1.165) is 23.6 Å². The Morgan fingerprint density at radius 1 is 1.00 bits per heavy atom. The number of carbonyl (C=O) groups is 2. The maximum absolute atomic E-state index is 11.9. The minimum atomic E-state index is -0.393. The molecule has 2 aromatic rings. The minimum absolute atomic E-state index is 0.0806. The van der Waals surface area contributed by atoms with Gasteiger partial charge in [-0.05, 0) is 53.9 Å². The summed E-state index contributed by atoms with van der Waals surface area (Å²) in [4.78, 5) is 23.8. The Morgan fingerprint density at radius 3 is 2.52 bits per heavy atom. The summed E-state index contributed by atoms with van der Waals surface area (Å²) in [5.74, 6) is 0.533. The van der Waals surface area contributed by atoms with Gasteiger partial charge in [0.05, 0.1) is 0 Å². The number of amides is 2. The van der Waals surface area contributed by atoms with E-state index in [9.17, 15) is 9.59 Å². The molecule has 0 heterocycles. The molecule has 142 valence electrons. The highest BCUT2D eigenvalue weighted by atomic mass is 32.1. The van der Waals surface area contributed by atoms with Crippen LogP contribution in [0.15, 0.2) is 42.5 Å². The molecule has 2 amide bonds. The van der Waals surface area contributed by atoms with E-state index in [1.54, 1.807) is 0 Å². The van der Waals surface area contributed by atoms with Gasteiger partial charge in [0, 0.05) is 6.42 Å². The number of thiocarbonyl (C=S) groups is 1. The third-order valence-electron chi connectivity index (χ3n) is 4.61. The zero-order valence-electron chi connectivity index (χ0n) is 15.0. The molecule has 0 aliphatic heterocycles. The predicted molar refractivity (Wildman–Crippen MR) is 108 cm³/mol. The molecule has 0 spiro atoms. The maximum Gasteiger partial charge on any atom is 0.276 e. The number of nitrogens with one attached hydrogen (secondary N) is 3. The quantitative estimate of drug-likeness (QED) is 0.545. The van der Waals surface area contributed by atoms with Crippen LogP contribution in [0.2, 0.25) is 0 Å². The summed E-state index contributed by atoms with van der Waals surface area (Å²) in [5.41, 5.74) is 4.94. The molecule has 7 heteroatoms. The summed E-state index contributed by atoms with van der Waals surface area (Å²) in [6, 6.07) is 13.5. The lowest BCUT2D eigenvalue weighted by molar-refractivity contribution is -0.124. The van der Waals surface area contributed by atoms with Gasteiger partial charge < -0.3 is 10.1 Å². The van der Waals surface area contributed by atoms with Crippen molar-refractivity contribution in [2.24, 2.45) is 5.92 Å². The van der Waals surface area contributed by atoms with Crippen LogP contribution in [0, 0.1) is 5.92 Å². The van der Waals surface area contributed by atoms with E-state index in [1.807, 2.05) is 42.5 Å². The van der Waals surface area contributed by atoms with Gasteiger partial charge in [0.2, 0.25) is 5.91 Å². The largest absolute Gasteiger partial charge is 0.484 e. The van der Waals surface area contributed by atoms with Gasteiger partial charge in [-0.3, -0.25) is 20.4 Å². The van der Waals surface area contributed by atoms with Crippen LogP contribution in [0.5, 0.6) is 5.75 Å². The van der Waals surface area contributed by atoms with E-state index in [0.29, 0.717) is 18.1 Å². The first-order chi connectivity index (χ1) is 13.1. The SMILES string of the molecule is O=C(COc1ccc2ccccc2c1)NNC(=S)NC(=O)CC1CCCC1. The van der Waals surface area contributed by atoms with Crippen LogP contribution >= 0.6 is 12.2 Å². The molecule has 1 aliphatic rings. The Morgan fingerprint density at radius 2 is 1.74 bits per heavy atom. The molecule has 1 saturated carbocycles. The fourth-order valence-electron chi connectivity index (χ4n) is 3.25. The van der Waals surface area contributed by atoms with Crippen molar-refractivity contribution in [3.63, 3.8) is 0 Å². The highest BCUT2D eigenvalue weighted by Crippen LogP contribution is 2.27. The highest BCUT2D eigenvalue weighted by molar-refractivity contribution is 7.80. The van der Waals surface area contributed by atoms with Crippen molar-refractivity contribution < 1.29 is 14.3 Å². The Labute approximate surface area is 163 Å². The van der Waals surface area contributed by atoms with E-state index in [-0.39, 0.29) is 17.6 Å². The first-order valence-corrected chi connectivity index (χ1v) is 9.51. The summed E-state index contributed by atoms with van der Waals surface area (Å²) in [7, 11) is 0. The van der Waals surface area contributed by atoms with Gasteiger partial charge >= 0.3 is 0 Å². The van der Waals surface area contributed by atoms with Crippen LogP contribution in [0.4, 0.5) is 0 Å². The number of hydrogen-bond donors (Lipinski definition) is 3. The molecule has 0 radical (unpaired) electrons. The van der Waals surface area contributed by atoms with Gasteiger partial charge in [0.1, 0.15) is 5.75 Å². The minimum Gasteiger partial charge on any atom is -0.484 e. The average molecular weight is 385 g/mol. The first kappa shape index (κ1) is 19.1. The summed E-state index contributed by atoms with van der Waals surface area (Å²) < 4.78 is 5.50. The molecule has 3 rings (SSSR count). The number of rotatable bonds is 5. The third kappa shape index (κ3) is 5.92. The standard InChI is InChI=1S/C20H23N3O3S/c24-18(11-14-5-1-2-6-14)21-20(27)23-22-19(25)13-26-17-10-9-15-7-3-4-8-16(15)12-17/h3-4,7-10,12,14H,1-2,5-6,11,13H2,(H,22,25)(H2,21,23,24,27). The fraction of sp³-hybridized carbons (Fsp3) is 0.350. The van der Waals surface area contributed by atoms with E-state index in [2.05, 4.69) is 16.2 Å². The number of fused-ring (bicyclic) bond motifs is 1. The Bertz CT molecular complexity index is 834. The van der Waals surface area contributed by atoms with Crippen molar-refractivity contribution in [1.82, 2.24) is 16.2 Å². The van der Waals surface area contributed by atoms with E-state index < -0.39 is 5.91 Å². The number of benzene rings is 2. The molecule has 0 saturated heterocycles. The van der Waals surface area contributed by atoms with E-state index in [1.165, 1.54) is 12.8 Å². The lowest BCUT2D eigenvalue weighted by atomic mass is 10.0. The molecule has 2 aromatic carbocycles. The van der Waals surface area contributed by atoms with Crippen LogP contribution < -0.4 is 20.9 Å². The first-order valence-electron chi connectivity index (χ1n) is 9.10. The average Bonchev–Trinajstić information content (AvgIpc) is 3.17. The predicted octanol–water partition coefficient (Wildman–Crippen LogP) is 2.82. The van der Waals surface area contributed by atoms with Crippen LogP contribution in [0.25, 0.3) is 10.8 Å². The van der Waals surface area contributed by atoms with Gasteiger partial charge in [0.25, 0.3) is 5.91 Å². The lowest BCUT2D eigenvalue weighted by Crippen LogP contribution is -2.49. The third-order valence-corrected chi connectivity index (χ3v) is 4.81. The Kier molecular flexibility index (Phi) is 6.59. The second kappa shape index (κ2) is 9.32. The van der Waals surface area contributed by atoms with Gasteiger partial charge in [0.15, 0.2) is 11.7 Å². The lowest BCUT2D eigenvalue weighted by Gasteiger charge is -2.13. The fourth-order valence-corrected chi connectivity index (χ4v) is 3.42. The molecule has 0 bridgehead atoms. The normalized spacial score (nSPS) is 13.9. The van der Waals surface area contributed by atoms with Crippen molar-refractivity contribution in [3.05, 3.63) is 42.5 Å². The number of hydrazine groups is 1. The van der Waals surface area contributed by atoms with Gasteiger partial charge in [-0.2, -0.15) is 0 Å². The molecular formula is C20H23N3O3S. The van der Waals surface area contributed by atoms with Gasteiger partial charge in [-0.1, -0.05) is 43.2 Å².